The third-order valence-electron chi connectivity index (χ3n) is 6.30. The van der Waals surface area contributed by atoms with Gasteiger partial charge in [0.2, 0.25) is 15.8 Å². The molecule has 2 amide bonds. The molecule has 17 heteroatoms. The van der Waals surface area contributed by atoms with Gasteiger partial charge in [0.25, 0.3) is 0 Å². The van der Waals surface area contributed by atoms with Crippen LogP contribution in [0.2, 0.25) is 0 Å². The number of benzene rings is 2. The highest BCUT2D eigenvalue weighted by atomic mass is 32.2. The molecular weight excluding hydrogens is 524 g/mol. The Morgan fingerprint density at radius 2 is 1.78 bits per heavy atom. The van der Waals surface area contributed by atoms with Gasteiger partial charge in [0.1, 0.15) is 4.90 Å². The summed E-state index contributed by atoms with van der Waals surface area (Å²) in [4.78, 5) is 18.8. The van der Waals surface area contributed by atoms with E-state index >= 15 is 0 Å². The second-order valence-corrected chi connectivity index (χ2v) is 12.2. The molecular formula is C20H22N10O5S2. The van der Waals surface area contributed by atoms with E-state index in [1.165, 1.54) is 17.0 Å². The summed E-state index contributed by atoms with van der Waals surface area (Å²) in [5.74, 6) is -0.0409. The zero-order chi connectivity index (χ0) is 26.5. The molecule has 0 unspecified atom stereocenters. The topological polar surface area (TPSA) is 250 Å². The molecule has 194 valence electrons. The zero-order valence-corrected chi connectivity index (χ0v) is 20.8. The van der Waals surface area contributed by atoms with Gasteiger partial charge in [-0.15, -0.1) is 10.2 Å². The number of aromatic amines is 2. The number of primary sulfonamides is 1. The fourth-order valence-electron chi connectivity index (χ4n) is 4.63. The van der Waals surface area contributed by atoms with Crippen LogP contribution in [0.25, 0.3) is 33.5 Å². The van der Waals surface area contributed by atoms with Crippen molar-refractivity contribution >= 4 is 42.9 Å². The summed E-state index contributed by atoms with van der Waals surface area (Å²) >= 11 is 0. The van der Waals surface area contributed by atoms with Gasteiger partial charge in [0.05, 0.1) is 26.7 Å². The average molecular weight is 547 g/mol. The Bertz CT molecular complexity index is 1720. The van der Waals surface area contributed by atoms with Gasteiger partial charge < -0.3 is 21.4 Å². The number of nitrogens with zero attached hydrogens (tertiary/aromatic N) is 5. The molecule has 1 saturated heterocycles. The Morgan fingerprint density at radius 1 is 1.05 bits per heavy atom. The lowest BCUT2D eigenvalue weighted by Crippen LogP contribution is -2.45. The molecule has 37 heavy (non-hydrogen) atoms. The van der Waals surface area contributed by atoms with E-state index in [9.17, 15) is 21.6 Å². The molecule has 1 fully saturated rings. The number of likely N-dealkylation sites (tertiary alicyclic amines) is 1. The van der Waals surface area contributed by atoms with E-state index in [4.69, 9.17) is 16.6 Å². The number of fused-ring (bicyclic) bond motifs is 1. The molecule has 0 saturated carbocycles. The van der Waals surface area contributed by atoms with Crippen LogP contribution in [0, 0.1) is 0 Å². The lowest BCUT2D eigenvalue weighted by atomic mass is 9.98. The minimum absolute atomic E-state index is 0.0708. The number of tetrazole rings is 1. The molecule has 0 aliphatic carbocycles. The maximum atomic E-state index is 13.8. The van der Waals surface area contributed by atoms with Gasteiger partial charge in [-0.1, -0.05) is 18.2 Å². The SMILES string of the molecule is NC(=O)N1CCC(S(=O)(=O)c2ccc(-c3cccc4nc(N)[nH]c34)c(-c3nn[nH]n3)c2S(N)(=O)=O)CC1. The first-order valence-electron chi connectivity index (χ1n) is 10.9. The molecule has 1 aliphatic heterocycles. The number of carbonyl (C=O) groups excluding carboxylic acids is 1. The van der Waals surface area contributed by atoms with Crippen molar-refractivity contribution in [2.24, 2.45) is 10.9 Å². The van der Waals surface area contributed by atoms with Gasteiger partial charge in [-0.2, -0.15) is 5.21 Å². The third kappa shape index (κ3) is 4.25. The third-order valence-corrected chi connectivity index (χ3v) is 9.73. The van der Waals surface area contributed by atoms with E-state index in [-0.39, 0.29) is 48.8 Å². The number of urea groups is 1. The number of nitrogen functional groups attached to an aromatic ring is 1. The molecule has 2 aromatic heterocycles. The first-order valence-corrected chi connectivity index (χ1v) is 14.0. The van der Waals surface area contributed by atoms with Crippen LogP contribution in [0.5, 0.6) is 0 Å². The number of anilines is 1. The second kappa shape index (κ2) is 8.79. The molecule has 15 nitrogen and oxygen atoms in total. The Hall–Kier alpha value is -4.09. The predicted molar refractivity (Wildman–Crippen MR) is 132 cm³/mol. The number of imidazole rings is 1. The van der Waals surface area contributed by atoms with E-state index in [1.807, 2.05) is 0 Å². The fraction of sp³-hybridized carbons (Fsp3) is 0.250. The molecule has 1 aliphatic rings. The predicted octanol–water partition coefficient (Wildman–Crippen LogP) is -0.0436. The van der Waals surface area contributed by atoms with Crippen molar-refractivity contribution in [3.63, 3.8) is 0 Å². The quantitative estimate of drug-likeness (QED) is 0.223. The summed E-state index contributed by atoms with van der Waals surface area (Å²) in [7, 11) is -8.89. The minimum Gasteiger partial charge on any atom is -0.369 e. The number of amides is 2. The van der Waals surface area contributed by atoms with Crippen molar-refractivity contribution in [1.29, 1.82) is 0 Å². The Morgan fingerprint density at radius 3 is 2.41 bits per heavy atom. The molecule has 0 radical (unpaired) electrons. The van der Waals surface area contributed by atoms with Crippen molar-refractivity contribution in [2.75, 3.05) is 18.8 Å². The van der Waals surface area contributed by atoms with Crippen molar-refractivity contribution in [2.45, 2.75) is 27.9 Å². The van der Waals surface area contributed by atoms with Gasteiger partial charge in [-0.3, -0.25) is 0 Å². The van der Waals surface area contributed by atoms with E-state index in [0.29, 0.717) is 16.6 Å². The molecule has 3 heterocycles. The van der Waals surface area contributed by atoms with Crippen LogP contribution in [-0.4, -0.2) is 76.7 Å². The Labute approximate surface area is 210 Å². The summed E-state index contributed by atoms with van der Waals surface area (Å²) < 4.78 is 53.5. The normalized spacial score (nSPS) is 15.3. The highest BCUT2D eigenvalue weighted by Gasteiger charge is 2.38. The van der Waals surface area contributed by atoms with Crippen molar-refractivity contribution < 1.29 is 21.6 Å². The van der Waals surface area contributed by atoms with Crippen LogP contribution >= 0.6 is 0 Å². The van der Waals surface area contributed by atoms with Crippen LogP contribution in [0.15, 0.2) is 40.1 Å². The van der Waals surface area contributed by atoms with E-state index in [2.05, 4.69) is 30.6 Å². The number of hydrogen-bond acceptors (Lipinski definition) is 10. The molecule has 0 atom stereocenters. The van der Waals surface area contributed by atoms with Crippen LogP contribution in [0.1, 0.15) is 12.8 Å². The largest absolute Gasteiger partial charge is 0.369 e. The smallest absolute Gasteiger partial charge is 0.314 e. The number of nitrogens with one attached hydrogen (secondary N) is 2. The highest BCUT2D eigenvalue weighted by molar-refractivity contribution is 7.94. The van der Waals surface area contributed by atoms with E-state index < -0.39 is 40.9 Å². The molecule has 0 spiro atoms. The zero-order valence-electron chi connectivity index (χ0n) is 19.1. The minimum atomic E-state index is -4.65. The van der Waals surface area contributed by atoms with Crippen LogP contribution in [-0.2, 0) is 19.9 Å². The first-order chi connectivity index (χ1) is 17.5. The lowest BCUT2D eigenvalue weighted by Gasteiger charge is -2.31. The van der Waals surface area contributed by atoms with Crippen molar-refractivity contribution in [1.82, 2.24) is 35.5 Å². The van der Waals surface area contributed by atoms with Gasteiger partial charge in [0, 0.05) is 18.7 Å². The van der Waals surface area contributed by atoms with E-state index in [1.54, 1.807) is 18.2 Å². The Balaban J connectivity index is 1.77. The number of piperidine rings is 1. The summed E-state index contributed by atoms with van der Waals surface area (Å²) in [6, 6.07) is 7.08. The highest BCUT2D eigenvalue weighted by Crippen LogP contribution is 2.42. The van der Waals surface area contributed by atoms with Gasteiger partial charge in [-0.25, -0.2) is 31.8 Å². The molecule has 8 N–H and O–H groups in total. The number of carbonyl (C=O) groups is 1. The standard InChI is InChI=1S/C20H22N10O5S2/c21-19-24-13-3-1-2-12(16(13)25-19)11-4-5-14(17(37(23,34)35)15(11)18-26-28-29-27-18)36(32,33)10-6-8-30(9-7-10)20(22)31/h1-5,10H,6-9H2,(H2,22,31)(H3,21,24,25)(H2,23,34,35)(H,26,27,28,29). The first kappa shape index (κ1) is 24.6. The second-order valence-electron chi connectivity index (χ2n) is 8.49. The van der Waals surface area contributed by atoms with Crippen LogP contribution < -0.4 is 16.6 Å². The van der Waals surface area contributed by atoms with Crippen molar-refractivity contribution in [3.05, 3.63) is 30.3 Å². The monoisotopic (exact) mass is 546 g/mol. The molecule has 5 rings (SSSR count). The maximum absolute atomic E-state index is 13.8. The lowest BCUT2D eigenvalue weighted by molar-refractivity contribution is 0.196. The number of primary amides is 1. The maximum Gasteiger partial charge on any atom is 0.314 e. The average Bonchev–Trinajstić information content (AvgIpc) is 3.51. The summed E-state index contributed by atoms with van der Waals surface area (Å²) in [6.45, 7) is 0.228. The molecule has 0 bridgehead atoms. The van der Waals surface area contributed by atoms with Crippen LogP contribution in [0.3, 0.4) is 0 Å². The molecule has 2 aromatic carbocycles. The van der Waals surface area contributed by atoms with E-state index in [0.717, 1.165) is 0 Å². The number of H-pyrrole nitrogens is 2. The number of para-hydroxylation sites is 1. The summed E-state index contributed by atoms with van der Waals surface area (Å²) in [5.41, 5.74) is 12.7. The number of sulfonamides is 1. The van der Waals surface area contributed by atoms with Gasteiger partial charge in [0.15, 0.2) is 15.8 Å². The number of rotatable bonds is 5. The summed E-state index contributed by atoms with van der Waals surface area (Å²) in [6.07, 6.45) is 0.142. The number of sulfone groups is 1. The summed E-state index contributed by atoms with van der Waals surface area (Å²) in [5, 5.41) is 18.3. The Kier molecular flexibility index (Phi) is 5.84. The number of nitrogens with two attached hydrogens (primary N) is 3. The van der Waals surface area contributed by atoms with Crippen molar-refractivity contribution in [3.8, 4) is 22.5 Å². The fourth-order valence-corrected chi connectivity index (χ4v) is 7.97. The van der Waals surface area contributed by atoms with Gasteiger partial charge >= 0.3 is 6.03 Å². The number of hydrogen-bond donors (Lipinski definition) is 5. The van der Waals surface area contributed by atoms with Gasteiger partial charge in [-0.05, 0) is 35.8 Å². The number of aromatic nitrogens is 6. The van der Waals surface area contributed by atoms with Crippen LogP contribution in [0.4, 0.5) is 10.7 Å². The molecule has 4 aromatic rings.